The van der Waals surface area contributed by atoms with E-state index < -0.39 is 5.54 Å². The number of hydrogen-bond acceptors (Lipinski definition) is 3. The fourth-order valence-corrected chi connectivity index (χ4v) is 1.78. The standard InChI is InChI=1S/C12H27N3O/c1-7-9(2)15(6)10(3)8-12(4,14-5)11(13)16/h9-10,14H,7-8H2,1-6H3,(H2,13,16). The summed E-state index contributed by atoms with van der Waals surface area (Å²) in [4.78, 5) is 13.7. The smallest absolute Gasteiger partial charge is 0.237 e. The molecule has 3 atom stereocenters. The van der Waals surface area contributed by atoms with Gasteiger partial charge < -0.3 is 16.0 Å². The van der Waals surface area contributed by atoms with E-state index in [9.17, 15) is 4.79 Å². The van der Waals surface area contributed by atoms with Gasteiger partial charge in [0.15, 0.2) is 0 Å². The Kier molecular flexibility index (Phi) is 5.97. The normalized spacial score (nSPS) is 19.2. The van der Waals surface area contributed by atoms with Crippen LogP contribution in [0.1, 0.15) is 40.5 Å². The highest BCUT2D eigenvalue weighted by molar-refractivity contribution is 5.84. The van der Waals surface area contributed by atoms with Crippen molar-refractivity contribution in [2.45, 2.75) is 58.2 Å². The molecule has 0 radical (unpaired) electrons. The fourth-order valence-electron chi connectivity index (χ4n) is 1.78. The van der Waals surface area contributed by atoms with Crippen LogP contribution in [0.3, 0.4) is 0 Å². The molecule has 96 valence electrons. The Balaban J connectivity index is 4.53. The highest BCUT2D eigenvalue weighted by Gasteiger charge is 2.32. The van der Waals surface area contributed by atoms with Gasteiger partial charge in [0.1, 0.15) is 0 Å². The maximum atomic E-state index is 11.4. The zero-order valence-electron chi connectivity index (χ0n) is 11.5. The van der Waals surface area contributed by atoms with Gasteiger partial charge in [0.05, 0.1) is 5.54 Å². The molecule has 1 amide bonds. The van der Waals surface area contributed by atoms with E-state index in [4.69, 9.17) is 5.73 Å². The van der Waals surface area contributed by atoms with Crippen molar-refractivity contribution >= 4 is 5.91 Å². The highest BCUT2D eigenvalue weighted by Crippen LogP contribution is 2.17. The zero-order chi connectivity index (χ0) is 12.9. The molecule has 0 aliphatic carbocycles. The molecule has 0 aromatic heterocycles. The molecule has 0 aliphatic rings. The third-order valence-electron chi connectivity index (χ3n) is 3.78. The quantitative estimate of drug-likeness (QED) is 0.683. The van der Waals surface area contributed by atoms with Crippen LogP contribution >= 0.6 is 0 Å². The molecule has 0 fully saturated rings. The fraction of sp³-hybridized carbons (Fsp3) is 0.917. The maximum absolute atomic E-state index is 11.4. The minimum atomic E-state index is -0.624. The molecular weight excluding hydrogens is 202 g/mol. The molecule has 0 bridgehead atoms. The van der Waals surface area contributed by atoms with E-state index in [0.29, 0.717) is 12.1 Å². The zero-order valence-corrected chi connectivity index (χ0v) is 11.5. The molecule has 0 aromatic rings. The second-order valence-corrected chi connectivity index (χ2v) is 4.92. The van der Waals surface area contributed by atoms with E-state index in [1.807, 2.05) is 6.92 Å². The van der Waals surface area contributed by atoms with Crippen LogP contribution in [0.5, 0.6) is 0 Å². The van der Waals surface area contributed by atoms with Crippen LogP contribution in [0.15, 0.2) is 0 Å². The van der Waals surface area contributed by atoms with Crippen molar-refractivity contribution in [1.82, 2.24) is 10.2 Å². The van der Waals surface area contributed by atoms with Gasteiger partial charge in [0.2, 0.25) is 5.91 Å². The summed E-state index contributed by atoms with van der Waals surface area (Å²) in [5.41, 5.74) is 4.79. The molecule has 16 heavy (non-hydrogen) atoms. The van der Waals surface area contributed by atoms with Gasteiger partial charge in [-0.15, -0.1) is 0 Å². The number of nitrogens with one attached hydrogen (secondary N) is 1. The van der Waals surface area contributed by atoms with Crippen LogP contribution in [0.4, 0.5) is 0 Å². The molecule has 4 heteroatoms. The average Bonchev–Trinajstić information content (AvgIpc) is 2.26. The molecule has 0 saturated heterocycles. The van der Waals surface area contributed by atoms with Crippen LogP contribution in [-0.4, -0.2) is 42.5 Å². The molecular formula is C12H27N3O. The first-order valence-electron chi connectivity index (χ1n) is 5.99. The summed E-state index contributed by atoms with van der Waals surface area (Å²) >= 11 is 0. The Hall–Kier alpha value is -0.610. The lowest BCUT2D eigenvalue weighted by Crippen LogP contribution is -2.55. The van der Waals surface area contributed by atoms with Crippen LogP contribution in [0.25, 0.3) is 0 Å². The molecule has 0 aromatic carbocycles. The average molecular weight is 229 g/mol. The summed E-state index contributed by atoms with van der Waals surface area (Å²) in [7, 11) is 3.87. The largest absolute Gasteiger partial charge is 0.368 e. The molecule has 0 saturated carbocycles. The van der Waals surface area contributed by atoms with Crippen molar-refractivity contribution in [2.24, 2.45) is 5.73 Å². The molecule has 3 unspecified atom stereocenters. The number of amides is 1. The van der Waals surface area contributed by atoms with Gasteiger partial charge in [-0.25, -0.2) is 0 Å². The monoisotopic (exact) mass is 229 g/mol. The van der Waals surface area contributed by atoms with E-state index >= 15 is 0 Å². The predicted molar refractivity (Wildman–Crippen MR) is 68.3 cm³/mol. The van der Waals surface area contributed by atoms with Gasteiger partial charge in [-0.05, 0) is 47.7 Å². The van der Waals surface area contributed by atoms with Crippen molar-refractivity contribution in [1.29, 1.82) is 0 Å². The van der Waals surface area contributed by atoms with E-state index in [1.165, 1.54) is 0 Å². The SMILES string of the molecule is CCC(C)N(C)C(C)CC(C)(NC)C(N)=O. The minimum Gasteiger partial charge on any atom is -0.368 e. The van der Waals surface area contributed by atoms with Gasteiger partial charge in [-0.1, -0.05) is 6.92 Å². The topological polar surface area (TPSA) is 58.4 Å². The van der Waals surface area contributed by atoms with Crippen LogP contribution in [0, 0.1) is 0 Å². The number of carbonyl (C=O) groups is 1. The van der Waals surface area contributed by atoms with Crippen molar-refractivity contribution in [3.63, 3.8) is 0 Å². The first-order chi connectivity index (χ1) is 7.28. The molecule has 0 heterocycles. The lowest BCUT2D eigenvalue weighted by atomic mass is 9.92. The van der Waals surface area contributed by atoms with Crippen LogP contribution in [-0.2, 0) is 4.79 Å². The minimum absolute atomic E-state index is 0.292. The summed E-state index contributed by atoms with van der Waals surface area (Å²) < 4.78 is 0. The lowest BCUT2D eigenvalue weighted by Gasteiger charge is -2.36. The summed E-state index contributed by atoms with van der Waals surface area (Å²) in [6.07, 6.45) is 1.83. The van der Waals surface area contributed by atoms with Gasteiger partial charge in [-0.2, -0.15) is 0 Å². The Morgan fingerprint density at radius 3 is 2.25 bits per heavy atom. The van der Waals surface area contributed by atoms with Crippen molar-refractivity contribution in [3.8, 4) is 0 Å². The first-order valence-corrected chi connectivity index (χ1v) is 5.99. The highest BCUT2D eigenvalue weighted by atomic mass is 16.1. The Morgan fingerprint density at radius 1 is 1.44 bits per heavy atom. The van der Waals surface area contributed by atoms with E-state index in [0.717, 1.165) is 12.8 Å². The van der Waals surface area contributed by atoms with Crippen molar-refractivity contribution in [3.05, 3.63) is 0 Å². The van der Waals surface area contributed by atoms with Gasteiger partial charge in [0, 0.05) is 12.1 Å². The Morgan fingerprint density at radius 2 is 1.94 bits per heavy atom. The molecule has 4 nitrogen and oxygen atoms in total. The number of nitrogens with zero attached hydrogens (tertiary/aromatic N) is 1. The Bertz CT molecular complexity index is 232. The number of carbonyl (C=O) groups excluding carboxylic acids is 1. The van der Waals surface area contributed by atoms with Gasteiger partial charge in [-0.3, -0.25) is 4.79 Å². The van der Waals surface area contributed by atoms with E-state index in [1.54, 1.807) is 7.05 Å². The summed E-state index contributed by atoms with van der Waals surface area (Å²) in [6, 6.07) is 0.837. The maximum Gasteiger partial charge on any atom is 0.237 e. The predicted octanol–water partition coefficient (Wildman–Crippen LogP) is 0.959. The second kappa shape index (κ2) is 6.21. The molecule has 3 N–H and O–H groups in total. The number of nitrogens with two attached hydrogens (primary N) is 1. The third-order valence-corrected chi connectivity index (χ3v) is 3.78. The molecule has 0 rings (SSSR count). The number of hydrogen-bond donors (Lipinski definition) is 2. The van der Waals surface area contributed by atoms with Crippen molar-refractivity contribution < 1.29 is 4.79 Å². The van der Waals surface area contributed by atoms with Crippen molar-refractivity contribution in [2.75, 3.05) is 14.1 Å². The van der Waals surface area contributed by atoms with Gasteiger partial charge >= 0.3 is 0 Å². The van der Waals surface area contributed by atoms with E-state index in [2.05, 4.69) is 38.0 Å². The number of primary amides is 1. The summed E-state index contributed by atoms with van der Waals surface area (Å²) in [6.45, 7) is 8.34. The Labute approximate surface area is 99.6 Å². The van der Waals surface area contributed by atoms with Crippen LogP contribution < -0.4 is 11.1 Å². The third kappa shape index (κ3) is 3.76. The first kappa shape index (κ1) is 15.4. The summed E-state index contributed by atoms with van der Waals surface area (Å²) in [5, 5.41) is 3.02. The van der Waals surface area contributed by atoms with Crippen LogP contribution in [0.2, 0.25) is 0 Å². The van der Waals surface area contributed by atoms with E-state index in [-0.39, 0.29) is 5.91 Å². The molecule has 0 aliphatic heterocycles. The molecule has 0 spiro atoms. The number of rotatable bonds is 7. The van der Waals surface area contributed by atoms with Gasteiger partial charge in [0.25, 0.3) is 0 Å². The second-order valence-electron chi connectivity index (χ2n) is 4.92. The summed E-state index contributed by atoms with van der Waals surface area (Å²) in [5.74, 6) is -0.292. The lowest BCUT2D eigenvalue weighted by molar-refractivity contribution is -0.124. The number of likely N-dealkylation sites (N-methyl/N-ethyl adjacent to an activating group) is 1.